The largest absolute Gasteiger partial charge is 0.493 e. The van der Waals surface area contributed by atoms with E-state index in [1.165, 1.54) is 0 Å². The summed E-state index contributed by atoms with van der Waals surface area (Å²) in [5.41, 5.74) is 1.43. The van der Waals surface area contributed by atoms with Gasteiger partial charge in [0.05, 0.1) is 13.0 Å². The number of carbonyl (C=O) groups is 2. The van der Waals surface area contributed by atoms with Crippen LogP contribution in [0.3, 0.4) is 0 Å². The Kier molecular flexibility index (Phi) is 5.36. The van der Waals surface area contributed by atoms with Gasteiger partial charge in [-0.25, -0.2) is 0 Å². The molecule has 0 aromatic heterocycles. The van der Waals surface area contributed by atoms with E-state index in [-0.39, 0.29) is 18.6 Å². The average molecular weight is 250 g/mol. The second kappa shape index (κ2) is 6.79. The number of carbonyl (C=O) groups excluding carboxylic acids is 1. The molecule has 0 saturated heterocycles. The van der Waals surface area contributed by atoms with Gasteiger partial charge in [-0.15, -0.1) is 0 Å². The maximum Gasteiger partial charge on any atom is 0.303 e. The molecular weight excluding hydrogens is 232 g/mol. The van der Waals surface area contributed by atoms with E-state index >= 15 is 0 Å². The standard InChI is InChI=1S/C14H18O4/c1-3-8-18-13-6-4-11(9-10(13)2)12(15)5-7-14(16)17/h4,6,9H,3,5,7-8H2,1-2H3,(H,16,17). The van der Waals surface area contributed by atoms with Crippen molar-refractivity contribution in [3.05, 3.63) is 29.3 Å². The van der Waals surface area contributed by atoms with Crippen LogP contribution in [0.25, 0.3) is 0 Å². The first-order chi connectivity index (χ1) is 8.54. The Balaban J connectivity index is 2.71. The number of rotatable bonds is 7. The van der Waals surface area contributed by atoms with Crippen LogP contribution in [0.4, 0.5) is 0 Å². The molecule has 4 heteroatoms. The van der Waals surface area contributed by atoms with Crippen LogP contribution in [0.15, 0.2) is 18.2 Å². The SMILES string of the molecule is CCCOc1ccc(C(=O)CCC(=O)O)cc1C. The molecule has 1 aromatic rings. The third kappa shape index (κ3) is 4.20. The summed E-state index contributed by atoms with van der Waals surface area (Å²) in [4.78, 5) is 22.1. The van der Waals surface area contributed by atoms with Crippen LogP contribution in [0.2, 0.25) is 0 Å². The van der Waals surface area contributed by atoms with E-state index < -0.39 is 5.97 Å². The van der Waals surface area contributed by atoms with Crippen LogP contribution in [0, 0.1) is 6.92 Å². The topological polar surface area (TPSA) is 63.6 Å². The molecule has 1 rings (SSSR count). The fraction of sp³-hybridized carbons (Fsp3) is 0.429. The van der Waals surface area contributed by atoms with Crippen molar-refractivity contribution in [2.75, 3.05) is 6.61 Å². The predicted molar refractivity (Wildman–Crippen MR) is 68.2 cm³/mol. The van der Waals surface area contributed by atoms with Gasteiger partial charge >= 0.3 is 5.97 Å². The summed E-state index contributed by atoms with van der Waals surface area (Å²) in [5, 5.41) is 8.53. The van der Waals surface area contributed by atoms with Crippen LogP contribution in [-0.2, 0) is 4.79 Å². The number of hydrogen-bond donors (Lipinski definition) is 1. The molecule has 4 nitrogen and oxygen atoms in total. The third-order valence-corrected chi connectivity index (χ3v) is 2.52. The quantitative estimate of drug-likeness (QED) is 0.756. The first-order valence-corrected chi connectivity index (χ1v) is 6.03. The normalized spacial score (nSPS) is 10.1. The van der Waals surface area contributed by atoms with Gasteiger partial charge in [-0.3, -0.25) is 9.59 Å². The van der Waals surface area contributed by atoms with Gasteiger partial charge in [-0.05, 0) is 37.1 Å². The van der Waals surface area contributed by atoms with Gasteiger partial charge in [-0.2, -0.15) is 0 Å². The molecule has 1 aromatic carbocycles. The zero-order chi connectivity index (χ0) is 13.5. The maximum atomic E-state index is 11.7. The Morgan fingerprint density at radius 2 is 2.00 bits per heavy atom. The highest BCUT2D eigenvalue weighted by atomic mass is 16.5. The minimum Gasteiger partial charge on any atom is -0.493 e. The minimum absolute atomic E-state index is 0.0317. The van der Waals surface area contributed by atoms with E-state index in [4.69, 9.17) is 9.84 Å². The average Bonchev–Trinajstić information content (AvgIpc) is 2.34. The Hall–Kier alpha value is -1.84. The Labute approximate surface area is 107 Å². The molecule has 0 amide bonds. The molecule has 0 saturated carbocycles. The van der Waals surface area contributed by atoms with Crippen molar-refractivity contribution in [1.82, 2.24) is 0 Å². The number of ketones is 1. The molecule has 1 N–H and O–H groups in total. The summed E-state index contributed by atoms with van der Waals surface area (Å²) in [5.74, 6) is -0.336. The lowest BCUT2D eigenvalue weighted by atomic mass is 10.0. The summed E-state index contributed by atoms with van der Waals surface area (Å²) in [6.07, 6.45) is 0.828. The minimum atomic E-state index is -0.956. The van der Waals surface area contributed by atoms with Gasteiger partial charge in [-0.1, -0.05) is 6.92 Å². The zero-order valence-electron chi connectivity index (χ0n) is 10.7. The summed E-state index contributed by atoms with van der Waals surface area (Å²) >= 11 is 0. The molecule has 0 aliphatic rings. The van der Waals surface area contributed by atoms with Crippen molar-refractivity contribution >= 4 is 11.8 Å². The van der Waals surface area contributed by atoms with Crippen molar-refractivity contribution in [2.45, 2.75) is 33.1 Å². The fourth-order valence-corrected chi connectivity index (χ4v) is 1.56. The number of ether oxygens (including phenoxy) is 1. The van der Waals surface area contributed by atoms with Crippen molar-refractivity contribution in [3.63, 3.8) is 0 Å². The van der Waals surface area contributed by atoms with E-state index in [1.807, 2.05) is 13.8 Å². The van der Waals surface area contributed by atoms with Gasteiger partial charge in [0.25, 0.3) is 0 Å². The van der Waals surface area contributed by atoms with Crippen LogP contribution in [-0.4, -0.2) is 23.5 Å². The van der Waals surface area contributed by atoms with Crippen molar-refractivity contribution in [1.29, 1.82) is 0 Å². The van der Waals surface area contributed by atoms with E-state index in [2.05, 4.69) is 0 Å². The lowest BCUT2D eigenvalue weighted by molar-refractivity contribution is -0.136. The van der Waals surface area contributed by atoms with Gasteiger partial charge in [0.1, 0.15) is 5.75 Å². The van der Waals surface area contributed by atoms with Gasteiger partial charge < -0.3 is 9.84 Å². The number of hydrogen-bond acceptors (Lipinski definition) is 3. The maximum absolute atomic E-state index is 11.7. The van der Waals surface area contributed by atoms with E-state index in [0.717, 1.165) is 17.7 Å². The zero-order valence-corrected chi connectivity index (χ0v) is 10.7. The smallest absolute Gasteiger partial charge is 0.303 e. The lowest BCUT2D eigenvalue weighted by Gasteiger charge is -2.09. The monoisotopic (exact) mass is 250 g/mol. The Bertz CT molecular complexity index is 437. The first kappa shape index (κ1) is 14.2. The summed E-state index contributed by atoms with van der Waals surface area (Å²) in [6, 6.07) is 5.19. The van der Waals surface area contributed by atoms with Crippen LogP contribution in [0.5, 0.6) is 5.75 Å². The van der Waals surface area contributed by atoms with Crippen LogP contribution < -0.4 is 4.74 Å². The number of carboxylic acids is 1. The Morgan fingerprint density at radius 3 is 2.56 bits per heavy atom. The van der Waals surface area contributed by atoms with Crippen molar-refractivity contribution < 1.29 is 19.4 Å². The number of aryl methyl sites for hydroxylation is 1. The summed E-state index contributed by atoms with van der Waals surface area (Å²) in [7, 11) is 0. The predicted octanol–water partition coefficient (Wildman–Crippen LogP) is 2.83. The molecule has 0 fully saturated rings. The molecule has 0 unspecified atom stereocenters. The third-order valence-electron chi connectivity index (χ3n) is 2.52. The molecule has 98 valence electrons. The highest BCUT2D eigenvalue weighted by Gasteiger charge is 2.10. The van der Waals surface area contributed by atoms with E-state index in [1.54, 1.807) is 18.2 Å². The number of Topliss-reactive ketones (excluding diaryl/α,β-unsaturated/α-hetero) is 1. The summed E-state index contributed by atoms with van der Waals surface area (Å²) in [6.45, 7) is 4.55. The van der Waals surface area contributed by atoms with Gasteiger partial charge in [0, 0.05) is 12.0 Å². The number of aliphatic carboxylic acids is 1. The lowest BCUT2D eigenvalue weighted by Crippen LogP contribution is -2.05. The van der Waals surface area contributed by atoms with Gasteiger partial charge in [0.2, 0.25) is 0 Å². The van der Waals surface area contributed by atoms with Crippen LogP contribution >= 0.6 is 0 Å². The first-order valence-electron chi connectivity index (χ1n) is 6.03. The van der Waals surface area contributed by atoms with E-state index in [9.17, 15) is 9.59 Å². The number of benzene rings is 1. The van der Waals surface area contributed by atoms with Gasteiger partial charge in [0.15, 0.2) is 5.78 Å². The molecule has 0 aliphatic heterocycles. The molecule has 0 radical (unpaired) electrons. The molecule has 0 aliphatic carbocycles. The molecule has 0 heterocycles. The second-order valence-corrected chi connectivity index (χ2v) is 4.15. The molecule has 0 bridgehead atoms. The Morgan fingerprint density at radius 1 is 1.28 bits per heavy atom. The summed E-state index contributed by atoms with van der Waals surface area (Å²) < 4.78 is 5.51. The second-order valence-electron chi connectivity index (χ2n) is 4.15. The molecular formula is C14H18O4. The highest BCUT2D eigenvalue weighted by molar-refractivity contribution is 5.97. The number of carboxylic acid groups (broad SMARTS) is 1. The van der Waals surface area contributed by atoms with Crippen molar-refractivity contribution in [3.8, 4) is 5.75 Å². The molecule has 0 spiro atoms. The molecule has 18 heavy (non-hydrogen) atoms. The fourth-order valence-electron chi connectivity index (χ4n) is 1.56. The molecule has 0 atom stereocenters. The highest BCUT2D eigenvalue weighted by Crippen LogP contribution is 2.20. The van der Waals surface area contributed by atoms with Crippen molar-refractivity contribution in [2.24, 2.45) is 0 Å². The van der Waals surface area contributed by atoms with Crippen LogP contribution in [0.1, 0.15) is 42.1 Å². The van der Waals surface area contributed by atoms with E-state index in [0.29, 0.717) is 12.2 Å².